The minimum Gasteiger partial charge on any atom is -0.469 e. The van der Waals surface area contributed by atoms with E-state index in [1.807, 2.05) is 0 Å². The summed E-state index contributed by atoms with van der Waals surface area (Å²) in [5.41, 5.74) is 4.62. The lowest BCUT2D eigenvalue weighted by Gasteiger charge is -2.15. The third kappa shape index (κ3) is 3.25. The Morgan fingerprint density at radius 1 is 1.33 bits per heavy atom. The fourth-order valence-electron chi connectivity index (χ4n) is 1.87. The van der Waals surface area contributed by atoms with Crippen molar-refractivity contribution < 1.29 is 22.4 Å². The van der Waals surface area contributed by atoms with Crippen molar-refractivity contribution >= 4 is 11.6 Å². The highest BCUT2D eigenvalue weighted by Gasteiger charge is 2.34. The van der Waals surface area contributed by atoms with Crippen LogP contribution in [0.25, 0.3) is 0 Å². The number of aryl methyl sites for hydroxylation is 1. The van der Waals surface area contributed by atoms with Crippen molar-refractivity contribution in [3.8, 4) is 0 Å². The van der Waals surface area contributed by atoms with Crippen molar-refractivity contribution in [3.05, 3.63) is 53.0 Å². The molecule has 0 atom stereocenters. The standard InChI is InChI=1S/C14H13F3N2O2/c1-8-10(4-5-21-8)13(20)19-12-3-2-9(7-18)6-11(12)14(15,16)17/h2-6H,7,18H2,1H3,(H,19,20). The average Bonchev–Trinajstić information content (AvgIpc) is 2.84. The number of nitrogens with one attached hydrogen (secondary N) is 1. The molecule has 2 aromatic rings. The Hall–Kier alpha value is -2.28. The molecule has 0 unspecified atom stereocenters. The molecular formula is C14H13F3N2O2. The second-order valence-electron chi connectivity index (χ2n) is 4.43. The number of anilines is 1. The summed E-state index contributed by atoms with van der Waals surface area (Å²) in [5.74, 6) is -0.327. The molecular weight excluding hydrogens is 285 g/mol. The van der Waals surface area contributed by atoms with Gasteiger partial charge < -0.3 is 15.5 Å². The molecule has 4 nitrogen and oxygen atoms in total. The van der Waals surface area contributed by atoms with E-state index in [0.29, 0.717) is 11.3 Å². The van der Waals surface area contributed by atoms with Gasteiger partial charge in [-0.25, -0.2) is 0 Å². The van der Waals surface area contributed by atoms with Crippen molar-refractivity contribution in [1.29, 1.82) is 0 Å². The van der Waals surface area contributed by atoms with Crippen molar-refractivity contribution in [1.82, 2.24) is 0 Å². The molecule has 0 spiro atoms. The van der Waals surface area contributed by atoms with E-state index in [2.05, 4.69) is 5.32 Å². The second-order valence-corrected chi connectivity index (χ2v) is 4.43. The maximum absolute atomic E-state index is 13.0. The van der Waals surface area contributed by atoms with E-state index in [4.69, 9.17) is 10.2 Å². The van der Waals surface area contributed by atoms with Crippen LogP contribution in [0.2, 0.25) is 0 Å². The van der Waals surface area contributed by atoms with Gasteiger partial charge in [0.15, 0.2) is 0 Å². The highest BCUT2D eigenvalue weighted by Crippen LogP contribution is 2.35. The van der Waals surface area contributed by atoms with Gasteiger partial charge in [0.2, 0.25) is 0 Å². The van der Waals surface area contributed by atoms with Gasteiger partial charge in [0, 0.05) is 6.54 Å². The molecule has 3 N–H and O–H groups in total. The predicted octanol–water partition coefficient (Wildman–Crippen LogP) is 3.32. The monoisotopic (exact) mass is 298 g/mol. The number of alkyl halides is 3. The molecule has 0 fully saturated rings. The Bertz CT molecular complexity index is 662. The first-order valence-corrected chi connectivity index (χ1v) is 6.08. The number of carbonyl (C=O) groups excluding carboxylic acids is 1. The third-order valence-corrected chi connectivity index (χ3v) is 2.98. The molecule has 1 aromatic heterocycles. The van der Waals surface area contributed by atoms with Crippen LogP contribution in [0.4, 0.5) is 18.9 Å². The SMILES string of the molecule is Cc1occc1C(=O)Nc1ccc(CN)cc1C(F)(F)F. The van der Waals surface area contributed by atoms with Gasteiger partial charge in [-0.3, -0.25) is 4.79 Å². The van der Waals surface area contributed by atoms with Crippen LogP contribution in [0.3, 0.4) is 0 Å². The molecule has 7 heteroatoms. The molecule has 0 saturated heterocycles. The van der Waals surface area contributed by atoms with Gasteiger partial charge in [-0.1, -0.05) is 6.07 Å². The number of nitrogens with two attached hydrogens (primary N) is 1. The Labute approximate surface area is 118 Å². The summed E-state index contributed by atoms with van der Waals surface area (Å²) >= 11 is 0. The maximum atomic E-state index is 13.0. The van der Waals surface area contributed by atoms with E-state index in [1.165, 1.54) is 24.5 Å². The molecule has 0 aliphatic carbocycles. The van der Waals surface area contributed by atoms with Crippen LogP contribution in [0.5, 0.6) is 0 Å². The largest absolute Gasteiger partial charge is 0.469 e. The minimum absolute atomic E-state index is 0.0157. The summed E-state index contributed by atoms with van der Waals surface area (Å²) in [5, 5.41) is 2.25. The van der Waals surface area contributed by atoms with Gasteiger partial charge in [-0.05, 0) is 30.7 Å². The Morgan fingerprint density at radius 2 is 2.05 bits per heavy atom. The van der Waals surface area contributed by atoms with E-state index >= 15 is 0 Å². The molecule has 0 aliphatic rings. The quantitative estimate of drug-likeness (QED) is 0.913. The fraction of sp³-hybridized carbons (Fsp3) is 0.214. The summed E-state index contributed by atoms with van der Waals surface area (Å²) in [4.78, 5) is 12.0. The Balaban J connectivity index is 2.36. The van der Waals surface area contributed by atoms with Crippen LogP contribution >= 0.6 is 0 Å². The Kier molecular flexibility index (Phi) is 4.04. The minimum atomic E-state index is -4.58. The summed E-state index contributed by atoms with van der Waals surface area (Å²) in [6, 6.07) is 4.95. The number of hydrogen-bond donors (Lipinski definition) is 2. The number of amides is 1. The molecule has 0 radical (unpaired) electrons. The first kappa shape index (κ1) is 15.1. The van der Waals surface area contributed by atoms with Crippen LogP contribution < -0.4 is 11.1 Å². The third-order valence-electron chi connectivity index (χ3n) is 2.98. The number of rotatable bonds is 3. The molecule has 2 rings (SSSR count). The summed E-state index contributed by atoms with van der Waals surface area (Å²) in [7, 11) is 0. The number of hydrogen-bond acceptors (Lipinski definition) is 3. The lowest BCUT2D eigenvalue weighted by atomic mass is 10.1. The number of carbonyl (C=O) groups is 1. The van der Waals surface area contributed by atoms with Gasteiger partial charge in [0.25, 0.3) is 5.91 Å². The van der Waals surface area contributed by atoms with Crippen LogP contribution in [-0.4, -0.2) is 5.91 Å². The number of benzene rings is 1. The molecule has 1 heterocycles. The zero-order chi connectivity index (χ0) is 15.6. The topological polar surface area (TPSA) is 68.3 Å². The highest BCUT2D eigenvalue weighted by atomic mass is 19.4. The average molecular weight is 298 g/mol. The van der Waals surface area contributed by atoms with E-state index in [0.717, 1.165) is 6.07 Å². The zero-order valence-corrected chi connectivity index (χ0v) is 11.1. The second kappa shape index (κ2) is 5.61. The van der Waals surface area contributed by atoms with Crippen molar-refractivity contribution in [3.63, 3.8) is 0 Å². The van der Waals surface area contributed by atoms with Crippen LogP contribution in [0.1, 0.15) is 27.2 Å². The fourth-order valence-corrected chi connectivity index (χ4v) is 1.87. The molecule has 112 valence electrons. The highest BCUT2D eigenvalue weighted by molar-refractivity contribution is 6.05. The Morgan fingerprint density at radius 3 is 2.57 bits per heavy atom. The van der Waals surface area contributed by atoms with Crippen LogP contribution in [0, 0.1) is 6.92 Å². The lowest BCUT2D eigenvalue weighted by molar-refractivity contribution is -0.137. The lowest BCUT2D eigenvalue weighted by Crippen LogP contribution is -2.17. The van der Waals surface area contributed by atoms with Crippen molar-refractivity contribution in [2.45, 2.75) is 19.6 Å². The van der Waals surface area contributed by atoms with Gasteiger partial charge in [-0.2, -0.15) is 13.2 Å². The van der Waals surface area contributed by atoms with Crippen molar-refractivity contribution in [2.24, 2.45) is 5.73 Å². The predicted molar refractivity (Wildman–Crippen MR) is 70.7 cm³/mol. The van der Waals surface area contributed by atoms with Crippen LogP contribution in [0.15, 0.2) is 34.9 Å². The molecule has 1 amide bonds. The summed E-state index contributed by atoms with van der Waals surface area (Å²) in [6.07, 6.45) is -3.29. The van der Waals surface area contributed by atoms with Gasteiger partial charge in [0.1, 0.15) is 5.76 Å². The van der Waals surface area contributed by atoms with E-state index < -0.39 is 17.6 Å². The summed E-state index contributed by atoms with van der Waals surface area (Å²) in [6.45, 7) is 1.54. The van der Waals surface area contributed by atoms with E-state index in [9.17, 15) is 18.0 Å². The van der Waals surface area contributed by atoms with Gasteiger partial charge in [-0.15, -0.1) is 0 Å². The van der Waals surface area contributed by atoms with E-state index in [-0.39, 0.29) is 17.8 Å². The number of furan rings is 1. The first-order valence-electron chi connectivity index (χ1n) is 6.08. The normalized spacial score (nSPS) is 11.5. The number of halogens is 3. The molecule has 0 saturated carbocycles. The van der Waals surface area contributed by atoms with E-state index in [1.54, 1.807) is 6.92 Å². The van der Waals surface area contributed by atoms with Gasteiger partial charge in [0.05, 0.1) is 23.1 Å². The first-order chi connectivity index (χ1) is 9.82. The van der Waals surface area contributed by atoms with Crippen LogP contribution in [-0.2, 0) is 12.7 Å². The smallest absolute Gasteiger partial charge is 0.418 e. The molecule has 0 bridgehead atoms. The zero-order valence-electron chi connectivity index (χ0n) is 11.1. The van der Waals surface area contributed by atoms with Gasteiger partial charge >= 0.3 is 6.18 Å². The maximum Gasteiger partial charge on any atom is 0.418 e. The molecule has 1 aromatic carbocycles. The summed E-state index contributed by atoms with van der Waals surface area (Å²) < 4.78 is 44.0. The van der Waals surface area contributed by atoms with Crippen molar-refractivity contribution in [2.75, 3.05) is 5.32 Å². The molecule has 21 heavy (non-hydrogen) atoms. The molecule has 0 aliphatic heterocycles.